The molecule has 5 heteroatoms. The maximum atomic E-state index is 11.8. The summed E-state index contributed by atoms with van der Waals surface area (Å²) in [4.78, 5) is 11.8. The molecule has 112 valence electrons. The van der Waals surface area contributed by atoms with Crippen LogP contribution in [0.5, 0.6) is 0 Å². The number of rotatable bonds is 5. The van der Waals surface area contributed by atoms with Crippen molar-refractivity contribution in [3.8, 4) is 6.07 Å². The summed E-state index contributed by atoms with van der Waals surface area (Å²) in [6.07, 6.45) is 1.39. The third-order valence-corrected chi connectivity index (χ3v) is 3.13. The molecule has 0 heterocycles. The first-order valence-corrected chi connectivity index (χ1v) is 7.14. The molecule has 0 saturated heterocycles. The van der Waals surface area contributed by atoms with Crippen LogP contribution in [0.4, 0.5) is 5.69 Å². The monoisotopic (exact) mass is 305 g/mol. The van der Waals surface area contributed by atoms with Crippen LogP contribution >= 0.6 is 11.6 Å². The lowest BCUT2D eigenvalue weighted by Crippen LogP contribution is -2.28. The second-order valence-corrected chi connectivity index (χ2v) is 5.76. The van der Waals surface area contributed by atoms with Crippen molar-refractivity contribution < 1.29 is 4.79 Å². The van der Waals surface area contributed by atoms with Crippen molar-refractivity contribution in [1.29, 1.82) is 5.26 Å². The zero-order valence-corrected chi connectivity index (χ0v) is 13.5. The van der Waals surface area contributed by atoms with Gasteiger partial charge < -0.3 is 10.6 Å². The van der Waals surface area contributed by atoms with Crippen LogP contribution in [0, 0.1) is 31.1 Å². The molecule has 0 radical (unpaired) electrons. The third-order valence-electron chi connectivity index (χ3n) is 2.83. The molecule has 0 aliphatic carbocycles. The van der Waals surface area contributed by atoms with Gasteiger partial charge >= 0.3 is 0 Å². The lowest BCUT2D eigenvalue weighted by molar-refractivity contribution is -0.117. The Balaban J connectivity index is 2.87. The molecule has 0 bridgehead atoms. The van der Waals surface area contributed by atoms with E-state index in [0.29, 0.717) is 23.2 Å². The maximum Gasteiger partial charge on any atom is 0.263 e. The number of carbonyl (C=O) groups is 1. The Kier molecular flexibility index (Phi) is 6.26. The average Bonchev–Trinajstić information content (AvgIpc) is 2.39. The van der Waals surface area contributed by atoms with E-state index in [-0.39, 0.29) is 11.5 Å². The van der Waals surface area contributed by atoms with Gasteiger partial charge in [-0.05, 0) is 37.0 Å². The summed E-state index contributed by atoms with van der Waals surface area (Å²) in [5.74, 6) is -0.0600. The smallest absolute Gasteiger partial charge is 0.263 e. The van der Waals surface area contributed by atoms with Crippen LogP contribution in [0.15, 0.2) is 23.9 Å². The van der Waals surface area contributed by atoms with E-state index in [1.165, 1.54) is 6.20 Å². The second-order valence-electron chi connectivity index (χ2n) is 5.36. The maximum absolute atomic E-state index is 11.8. The molecule has 1 amide bonds. The van der Waals surface area contributed by atoms with Crippen LogP contribution in [-0.4, -0.2) is 12.5 Å². The Morgan fingerprint density at radius 2 is 2.10 bits per heavy atom. The number of carbonyl (C=O) groups excluding carboxylic acids is 1. The number of nitrogens with zero attached hydrogens (tertiary/aromatic N) is 1. The van der Waals surface area contributed by atoms with Crippen LogP contribution < -0.4 is 10.6 Å². The largest absolute Gasteiger partial charge is 0.359 e. The van der Waals surface area contributed by atoms with E-state index in [9.17, 15) is 4.79 Å². The quantitative estimate of drug-likeness (QED) is 0.646. The van der Waals surface area contributed by atoms with Gasteiger partial charge in [-0.1, -0.05) is 31.5 Å². The molecule has 1 aromatic carbocycles. The van der Waals surface area contributed by atoms with Gasteiger partial charge in [0.15, 0.2) is 0 Å². The van der Waals surface area contributed by atoms with Crippen molar-refractivity contribution in [3.63, 3.8) is 0 Å². The number of hydrogen-bond acceptors (Lipinski definition) is 3. The number of aryl methyl sites for hydroxylation is 2. The van der Waals surface area contributed by atoms with E-state index in [1.807, 2.05) is 45.9 Å². The summed E-state index contributed by atoms with van der Waals surface area (Å²) in [6, 6.07) is 5.70. The molecule has 1 aromatic rings. The highest BCUT2D eigenvalue weighted by Gasteiger charge is 2.10. The lowest BCUT2D eigenvalue weighted by atomic mass is 10.1. The summed E-state index contributed by atoms with van der Waals surface area (Å²) in [6.45, 7) is 8.38. The molecule has 21 heavy (non-hydrogen) atoms. The minimum atomic E-state index is -0.389. The Labute approximate surface area is 130 Å². The van der Waals surface area contributed by atoms with E-state index in [0.717, 1.165) is 11.1 Å². The molecule has 0 unspecified atom stereocenters. The molecular formula is C16H20ClN3O. The number of halogens is 1. The van der Waals surface area contributed by atoms with Gasteiger partial charge in [0, 0.05) is 12.7 Å². The molecular weight excluding hydrogens is 286 g/mol. The molecule has 1 rings (SSSR count). The number of anilines is 1. The third kappa shape index (κ3) is 5.13. The van der Waals surface area contributed by atoms with Crippen LogP contribution in [0.3, 0.4) is 0 Å². The lowest BCUT2D eigenvalue weighted by Gasteiger charge is -2.10. The first kappa shape index (κ1) is 17.1. The van der Waals surface area contributed by atoms with E-state index in [1.54, 1.807) is 0 Å². The van der Waals surface area contributed by atoms with Crippen molar-refractivity contribution in [2.24, 2.45) is 5.92 Å². The van der Waals surface area contributed by atoms with Gasteiger partial charge in [0.25, 0.3) is 5.91 Å². The highest BCUT2D eigenvalue weighted by molar-refractivity contribution is 6.33. The molecule has 0 aliphatic heterocycles. The SMILES string of the molecule is Cc1cc(C)c(N/C=C(/C#N)C(=O)NCC(C)C)c(Cl)c1. The van der Waals surface area contributed by atoms with E-state index in [4.69, 9.17) is 16.9 Å². The van der Waals surface area contributed by atoms with Gasteiger partial charge in [-0.2, -0.15) is 5.26 Å². The van der Waals surface area contributed by atoms with Gasteiger partial charge in [-0.3, -0.25) is 4.79 Å². The molecule has 4 nitrogen and oxygen atoms in total. The van der Waals surface area contributed by atoms with Gasteiger partial charge in [-0.15, -0.1) is 0 Å². The van der Waals surface area contributed by atoms with Crippen molar-refractivity contribution in [2.45, 2.75) is 27.7 Å². The summed E-state index contributed by atoms with van der Waals surface area (Å²) < 4.78 is 0. The number of hydrogen-bond donors (Lipinski definition) is 2. The predicted octanol–water partition coefficient (Wildman–Crippen LogP) is 3.55. The van der Waals surface area contributed by atoms with Crippen LogP contribution in [0.1, 0.15) is 25.0 Å². The van der Waals surface area contributed by atoms with Crippen molar-refractivity contribution in [3.05, 3.63) is 40.1 Å². The first-order valence-electron chi connectivity index (χ1n) is 6.77. The molecule has 0 aliphatic rings. The van der Waals surface area contributed by atoms with Crippen LogP contribution in [0.2, 0.25) is 5.02 Å². The van der Waals surface area contributed by atoms with Gasteiger partial charge in [0.05, 0.1) is 10.7 Å². The fraction of sp³-hybridized carbons (Fsp3) is 0.375. The topological polar surface area (TPSA) is 64.9 Å². The highest BCUT2D eigenvalue weighted by Crippen LogP contribution is 2.27. The minimum absolute atomic E-state index is 0.0201. The Bertz CT molecular complexity index is 577. The standard InChI is InChI=1S/C16H20ClN3O/c1-10(2)8-20-16(21)13(7-18)9-19-15-12(4)5-11(3)6-14(15)17/h5-6,9-10,19H,8H2,1-4H3,(H,20,21)/b13-9-. The van der Waals surface area contributed by atoms with Crippen molar-refractivity contribution >= 4 is 23.2 Å². The fourth-order valence-electron chi connectivity index (χ4n) is 1.78. The van der Waals surface area contributed by atoms with Gasteiger partial charge in [0.1, 0.15) is 11.6 Å². The van der Waals surface area contributed by atoms with Crippen molar-refractivity contribution in [2.75, 3.05) is 11.9 Å². The Morgan fingerprint density at radius 1 is 1.43 bits per heavy atom. The summed E-state index contributed by atoms with van der Waals surface area (Å²) in [5, 5.41) is 15.3. The fourth-order valence-corrected chi connectivity index (χ4v) is 2.16. The Morgan fingerprint density at radius 3 is 2.62 bits per heavy atom. The van der Waals surface area contributed by atoms with Crippen LogP contribution in [-0.2, 0) is 4.79 Å². The average molecular weight is 306 g/mol. The molecule has 0 atom stereocenters. The van der Waals surface area contributed by atoms with Gasteiger partial charge in [0.2, 0.25) is 0 Å². The minimum Gasteiger partial charge on any atom is -0.359 e. The number of amides is 1. The molecule has 0 fully saturated rings. The second kappa shape index (κ2) is 7.70. The predicted molar refractivity (Wildman–Crippen MR) is 86.1 cm³/mol. The number of nitriles is 1. The summed E-state index contributed by atoms with van der Waals surface area (Å²) in [5.41, 5.74) is 2.73. The number of nitrogens with one attached hydrogen (secondary N) is 2. The van der Waals surface area contributed by atoms with Crippen molar-refractivity contribution in [1.82, 2.24) is 5.32 Å². The number of benzene rings is 1. The zero-order valence-electron chi connectivity index (χ0n) is 12.7. The molecule has 0 aromatic heterocycles. The summed E-state index contributed by atoms with van der Waals surface area (Å²) in [7, 11) is 0. The van der Waals surface area contributed by atoms with Crippen LogP contribution in [0.25, 0.3) is 0 Å². The zero-order chi connectivity index (χ0) is 16.0. The Hall–Kier alpha value is -1.99. The molecule has 0 saturated carbocycles. The molecule has 2 N–H and O–H groups in total. The van der Waals surface area contributed by atoms with E-state index >= 15 is 0 Å². The summed E-state index contributed by atoms with van der Waals surface area (Å²) >= 11 is 6.17. The highest BCUT2D eigenvalue weighted by atomic mass is 35.5. The van der Waals surface area contributed by atoms with Gasteiger partial charge in [-0.25, -0.2) is 0 Å². The first-order chi connectivity index (χ1) is 9.85. The van der Waals surface area contributed by atoms with E-state index < -0.39 is 0 Å². The molecule has 0 spiro atoms. The van der Waals surface area contributed by atoms with E-state index in [2.05, 4.69) is 10.6 Å². The normalized spacial score (nSPS) is 11.2.